The number of hydrogen-bond donors (Lipinski definition) is 0. The summed E-state index contributed by atoms with van der Waals surface area (Å²) in [6.07, 6.45) is 4.67. The number of benzene rings is 1. The van der Waals surface area contributed by atoms with E-state index in [4.69, 9.17) is 4.74 Å². The molecule has 0 amide bonds. The van der Waals surface area contributed by atoms with Crippen molar-refractivity contribution in [3.8, 4) is 0 Å². The van der Waals surface area contributed by atoms with Crippen LogP contribution in [0.25, 0.3) is 0 Å². The molecule has 0 aliphatic heterocycles. The third kappa shape index (κ3) is 5.68. The molecule has 18 heavy (non-hydrogen) atoms. The molecule has 0 aliphatic carbocycles. The van der Waals surface area contributed by atoms with Crippen LogP contribution in [0.15, 0.2) is 24.3 Å². The summed E-state index contributed by atoms with van der Waals surface area (Å²) in [4.78, 5) is 0. The van der Waals surface area contributed by atoms with Gasteiger partial charge in [0.25, 0.3) is 0 Å². The molecule has 0 bridgehead atoms. The lowest BCUT2D eigenvalue weighted by Gasteiger charge is -2.19. The van der Waals surface area contributed by atoms with Gasteiger partial charge in [0, 0.05) is 13.2 Å². The molecule has 0 saturated carbocycles. The van der Waals surface area contributed by atoms with Crippen molar-refractivity contribution in [3.63, 3.8) is 0 Å². The summed E-state index contributed by atoms with van der Waals surface area (Å²) >= 11 is 0. The molecule has 1 heteroatoms. The van der Waals surface area contributed by atoms with Crippen LogP contribution < -0.4 is 0 Å². The molecular formula is C17H28O. The van der Waals surface area contributed by atoms with Crippen LogP contribution in [-0.4, -0.2) is 13.2 Å². The Labute approximate surface area is 113 Å². The van der Waals surface area contributed by atoms with Crippen molar-refractivity contribution in [2.24, 2.45) is 0 Å². The van der Waals surface area contributed by atoms with Crippen LogP contribution in [0.2, 0.25) is 0 Å². The van der Waals surface area contributed by atoms with Crippen LogP contribution in [-0.2, 0) is 16.6 Å². The lowest BCUT2D eigenvalue weighted by atomic mass is 9.86. The SMILES string of the molecule is CCCOCCCCc1ccc(C(C)(C)C)cc1. The zero-order valence-electron chi connectivity index (χ0n) is 12.5. The smallest absolute Gasteiger partial charge is 0.0466 e. The first-order valence-electron chi connectivity index (χ1n) is 7.21. The normalized spacial score (nSPS) is 11.8. The summed E-state index contributed by atoms with van der Waals surface area (Å²) in [6, 6.07) is 9.08. The highest BCUT2D eigenvalue weighted by atomic mass is 16.5. The van der Waals surface area contributed by atoms with Crippen molar-refractivity contribution in [2.75, 3.05) is 13.2 Å². The Bertz CT molecular complexity index is 318. The summed E-state index contributed by atoms with van der Waals surface area (Å²) in [7, 11) is 0. The van der Waals surface area contributed by atoms with Gasteiger partial charge < -0.3 is 4.74 Å². The van der Waals surface area contributed by atoms with Gasteiger partial charge >= 0.3 is 0 Å². The molecule has 0 unspecified atom stereocenters. The van der Waals surface area contributed by atoms with Gasteiger partial charge in [-0.3, -0.25) is 0 Å². The molecule has 0 fully saturated rings. The van der Waals surface area contributed by atoms with E-state index >= 15 is 0 Å². The van der Waals surface area contributed by atoms with Gasteiger partial charge in [-0.05, 0) is 42.2 Å². The molecular weight excluding hydrogens is 220 g/mol. The summed E-state index contributed by atoms with van der Waals surface area (Å²) < 4.78 is 5.48. The second-order valence-electron chi connectivity index (χ2n) is 6.02. The second kappa shape index (κ2) is 7.58. The second-order valence-corrected chi connectivity index (χ2v) is 6.02. The summed E-state index contributed by atoms with van der Waals surface area (Å²) in [5.41, 5.74) is 3.11. The zero-order chi connectivity index (χ0) is 13.4. The van der Waals surface area contributed by atoms with Crippen molar-refractivity contribution in [1.29, 1.82) is 0 Å². The van der Waals surface area contributed by atoms with Crippen molar-refractivity contribution >= 4 is 0 Å². The molecule has 1 aromatic rings. The largest absolute Gasteiger partial charge is 0.381 e. The van der Waals surface area contributed by atoms with Crippen LogP contribution in [0.1, 0.15) is 58.1 Å². The lowest BCUT2D eigenvalue weighted by Crippen LogP contribution is -2.10. The van der Waals surface area contributed by atoms with Crippen LogP contribution >= 0.6 is 0 Å². The van der Waals surface area contributed by atoms with Crippen molar-refractivity contribution in [3.05, 3.63) is 35.4 Å². The molecule has 0 N–H and O–H groups in total. The van der Waals surface area contributed by atoms with E-state index in [1.54, 1.807) is 0 Å². The number of hydrogen-bond acceptors (Lipinski definition) is 1. The zero-order valence-corrected chi connectivity index (χ0v) is 12.5. The third-order valence-electron chi connectivity index (χ3n) is 3.17. The minimum atomic E-state index is 0.256. The maximum absolute atomic E-state index is 5.48. The molecule has 0 saturated heterocycles. The number of aryl methyl sites for hydroxylation is 1. The maximum atomic E-state index is 5.48. The van der Waals surface area contributed by atoms with Crippen molar-refractivity contribution < 1.29 is 4.74 Å². The fourth-order valence-corrected chi connectivity index (χ4v) is 1.95. The highest BCUT2D eigenvalue weighted by molar-refractivity contribution is 5.27. The van der Waals surface area contributed by atoms with Gasteiger partial charge in [-0.2, -0.15) is 0 Å². The molecule has 0 heterocycles. The van der Waals surface area contributed by atoms with E-state index in [1.807, 2.05) is 0 Å². The molecule has 0 aromatic heterocycles. The molecule has 1 aromatic carbocycles. The molecule has 0 atom stereocenters. The van der Waals surface area contributed by atoms with E-state index in [2.05, 4.69) is 52.0 Å². The molecule has 0 radical (unpaired) electrons. The molecule has 102 valence electrons. The molecule has 1 rings (SSSR count). The first kappa shape index (κ1) is 15.2. The van der Waals surface area contributed by atoms with E-state index in [9.17, 15) is 0 Å². The predicted molar refractivity (Wildman–Crippen MR) is 79.2 cm³/mol. The van der Waals surface area contributed by atoms with Crippen LogP contribution in [0.3, 0.4) is 0 Å². The van der Waals surface area contributed by atoms with Crippen molar-refractivity contribution in [1.82, 2.24) is 0 Å². The van der Waals surface area contributed by atoms with Gasteiger partial charge in [-0.25, -0.2) is 0 Å². The molecule has 0 aliphatic rings. The summed E-state index contributed by atoms with van der Waals surface area (Å²) in [5, 5.41) is 0. The fraction of sp³-hybridized carbons (Fsp3) is 0.647. The van der Waals surface area contributed by atoms with Crippen LogP contribution in [0, 0.1) is 0 Å². The predicted octanol–water partition coefficient (Wildman–Crippen LogP) is 4.73. The highest BCUT2D eigenvalue weighted by Gasteiger charge is 2.12. The van der Waals surface area contributed by atoms with E-state index in [-0.39, 0.29) is 5.41 Å². The van der Waals surface area contributed by atoms with Gasteiger partial charge in [0.05, 0.1) is 0 Å². The highest BCUT2D eigenvalue weighted by Crippen LogP contribution is 2.22. The standard InChI is InChI=1S/C17H28O/c1-5-13-18-14-7-6-8-15-9-11-16(12-10-15)17(2,3)4/h9-12H,5-8,13-14H2,1-4H3. The van der Waals surface area contributed by atoms with Gasteiger partial charge in [-0.15, -0.1) is 0 Å². The third-order valence-corrected chi connectivity index (χ3v) is 3.17. The quantitative estimate of drug-likeness (QED) is 0.634. The molecule has 0 spiro atoms. The summed E-state index contributed by atoms with van der Waals surface area (Å²) in [5.74, 6) is 0. The minimum absolute atomic E-state index is 0.256. The minimum Gasteiger partial charge on any atom is -0.381 e. The Morgan fingerprint density at radius 2 is 1.61 bits per heavy atom. The maximum Gasteiger partial charge on any atom is 0.0466 e. The number of rotatable bonds is 7. The van der Waals surface area contributed by atoms with E-state index < -0.39 is 0 Å². The average Bonchev–Trinajstić information content (AvgIpc) is 2.33. The first-order valence-corrected chi connectivity index (χ1v) is 7.21. The Balaban J connectivity index is 2.27. The van der Waals surface area contributed by atoms with E-state index in [0.717, 1.165) is 19.6 Å². The topological polar surface area (TPSA) is 9.23 Å². The average molecular weight is 248 g/mol. The Kier molecular flexibility index (Phi) is 6.42. The lowest BCUT2D eigenvalue weighted by molar-refractivity contribution is 0.131. The monoisotopic (exact) mass is 248 g/mol. The Morgan fingerprint density at radius 3 is 2.17 bits per heavy atom. The van der Waals surface area contributed by atoms with Crippen molar-refractivity contribution in [2.45, 2.75) is 58.8 Å². The van der Waals surface area contributed by atoms with Gasteiger partial charge in [0.2, 0.25) is 0 Å². The molecule has 1 nitrogen and oxygen atoms in total. The number of unbranched alkanes of at least 4 members (excludes halogenated alkanes) is 1. The first-order chi connectivity index (χ1) is 8.54. The fourth-order valence-electron chi connectivity index (χ4n) is 1.95. The Morgan fingerprint density at radius 1 is 0.944 bits per heavy atom. The van der Waals surface area contributed by atoms with E-state index in [1.165, 1.54) is 30.4 Å². The Hall–Kier alpha value is -0.820. The van der Waals surface area contributed by atoms with E-state index in [0.29, 0.717) is 0 Å². The van der Waals surface area contributed by atoms with Crippen LogP contribution in [0.5, 0.6) is 0 Å². The van der Waals surface area contributed by atoms with Gasteiger partial charge in [0.15, 0.2) is 0 Å². The number of ether oxygens (including phenoxy) is 1. The van der Waals surface area contributed by atoms with Gasteiger partial charge in [0.1, 0.15) is 0 Å². The van der Waals surface area contributed by atoms with Gasteiger partial charge in [-0.1, -0.05) is 52.0 Å². The summed E-state index contributed by atoms with van der Waals surface area (Å²) in [6.45, 7) is 10.7. The van der Waals surface area contributed by atoms with Crippen LogP contribution in [0.4, 0.5) is 0 Å².